The molecule has 2 atom stereocenters. The highest BCUT2D eigenvalue weighted by Crippen LogP contribution is 2.28. The van der Waals surface area contributed by atoms with Gasteiger partial charge in [0.2, 0.25) is 0 Å². The van der Waals surface area contributed by atoms with Crippen LogP contribution in [0.3, 0.4) is 0 Å². The maximum atomic E-state index is 12.7. The largest absolute Gasteiger partial charge is 0.390 e. The Bertz CT molecular complexity index is 962. The minimum Gasteiger partial charge on any atom is -0.390 e. The van der Waals surface area contributed by atoms with Crippen LogP contribution in [0, 0.1) is 0 Å². The fraction of sp³-hybridized carbons (Fsp3) is 0.182. The van der Waals surface area contributed by atoms with Gasteiger partial charge in [0.05, 0.1) is 0 Å². The highest BCUT2D eigenvalue weighted by molar-refractivity contribution is 5.97. The Balaban J connectivity index is 1.76. The first-order valence-corrected chi connectivity index (χ1v) is 8.72. The molecule has 0 spiro atoms. The maximum Gasteiger partial charge on any atom is 0.338 e. The molecule has 0 aliphatic rings. The van der Waals surface area contributed by atoms with Gasteiger partial charge in [0.25, 0.3) is 0 Å². The van der Waals surface area contributed by atoms with E-state index in [1.807, 2.05) is 66.7 Å². The lowest BCUT2D eigenvalue weighted by atomic mass is 9.89. The van der Waals surface area contributed by atoms with Crippen LogP contribution in [0.2, 0.25) is 0 Å². The Kier molecular flexibility index (Phi) is 5.35. The summed E-state index contributed by atoms with van der Waals surface area (Å²) in [6.07, 6.45) is 0.280. The zero-order valence-electron chi connectivity index (χ0n) is 15.1. The molecule has 3 rings (SSSR count). The van der Waals surface area contributed by atoms with Crippen LogP contribution in [0.4, 0.5) is 0 Å². The summed E-state index contributed by atoms with van der Waals surface area (Å²) in [7, 11) is 0. The van der Waals surface area contributed by atoms with E-state index in [1.54, 1.807) is 6.07 Å². The average Bonchev–Trinajstić information content (AvgIpc) is 2.68. The van der Waals surface area contributed by atoms with Gasteiger partial charge in [0.1, 0.15) is 11.6 Å². The fourth-order valence-corrected chi connectivity index (χ4v) is 3.01. The molecule has 4 N–H and O–H groups in total. The second-order valence-electron chi connectivity index (χ2n) is 6.73. The van der Waals surface area contributed by atoms with Crippen molar-refractivity contribution in [1.29, 1.82) is 0 Å². The van der Waals surface area contributed by atoms with Crippen molar-refractivity contribution in [3.8, 4) is 0 Å². The number of carbonyl (C=O) groups is 2. The molecule has 3 aromatic rings. The summed E-state index contributed by atoms with van der Waals surface area (Å²) >= 11 is 0. The molecule has 0 heterocycles. The van der Waals surface area contributed by atoms with Gasteiger partial charge < -0.3 is 16.2 Å². The van der Waals surface area contributed by atoms with Crippen molar-refractivity contribution in [1.82, 2.24) is 0 Å². The molecule has 138 valence electrons. The lowest BCUT2D eigenvalue weighted by Gasteiger charge is -2.24. The van der Waals surface area contributed by atoms with Crippen molar-refractivity contribution in [2.24, 2.45) is 11.5 Å². The van der Waals surface area contributed by atoms with Crippen LogP contribution in [0.25, 0.3) is 10.8 Å². The number of rotatable bonds is 5. The van der Waals surface area contributed by atoms with E-state index >= 15 is 0 Å². The molecule has 0 bridgehead atoms. The van der Waals surface area contributed by atoms with E-state index < -0.39 is 23.5 Å². The van der Waals surface area contributed by atoms with Crippen LogP contribution >= 0.6 is 0 Å². The van der Waals surface area contributed by atoms with Gasteiger partial charge in [-0.25, -0.2) is 9.59 Å². The average molecular weight is 362 g/mol. The highest BCUT2D eigenvalue weighted by atomic mass is 16.6. The molecule has 5 heteroatoms. The molecule has 0 aliphatic heterocycles. The zero-order valence-corrected chi connectivity index (χ0v) is 15.1. The number of carbonyl (C=O) groups excluding carboxylic acids is 2. The Morgan fingerprint density at radius 3 is 2.33 bits per heavy atom. The van der Waals surface area contributed by atoms with E-state index in [-0.39, 0.29) is 6.42 Å². The highest BCUT2D eigenvalue weighted by Gasteiger charge is 2.36. The van der Waals surface area contributed by atoms with Crippen LogP contribution in [-0.4, -0.2) is 18.0 Å². The van der Waals surface area contributed by atoms with E-state index in [9.17, 15) is 9.59 Å². The number of hydrogen-bond donors (Lipinski definition) is 2. The van der Waals surface area contributed by atoms with E-state index in [1.165, 1.54) is 6.92 Å². The second-order valence-corrected chi connectivity index (χ2v) is 6.73. The minimum absolute atomic E-state index is 0.280. The molecule has 5 nitrogen and oxygen atoms in total. The van der Waals surface area contributed by atoms with Crippen molar-refractivity contribution >= 4 is 22.7 Å². The smallest absolute Gasteiger partial charge is 0.338 e. The summed E-state index contributed by atoms with van der Waals surface area (Å²) in [5.74, 6) is -1.62. The molecule has 0 saturated heterocycles. The molecule has 0 aliphatic carbocycles. The summed E-state index contributed by atoms with van der Waals surface area (Å²) in [5, 5.41) is 1.79. The van der Waals surface area contributed by atoms with E-state index in [2.05, 4.69) is 0 Å². The number of benzene rings is 3. The third-order valence-corrected chi connectivity index (χ3v) is 4.57. The third-order valence-electron chi connectivity index (χ3n) is 4.57. The maximum absolute atomic E-state index is 12.7. The van der Waals surface area contributed by atoms with Crippen LogP contribution in [0.1, 0.15) is 18.1 Å². The summed E-state index contributed by atoms with van der Waals surface area (Å²) < 4.78 is 5.02. The van der Waals surface area contributed by atoms with Crippen molar-refractivity contribution in [2.75, 3.05) is 0 Å². The monoisotopic (exact) mass is 362 g/mol. The number of fused-ring (bicyclic) bond motifs is 1. The Labute approximate surface area is 157 Å². The van der Waals surface area contributed by atoms with E-state index in [0.29, 0.717) is 5.56 Å². The van der Waals surface area contributed by atoms with Crippen LogP contribution in [0.5, 0.6) is 0 Å². The van der Waals surface area contributed by atoms with Crippen molar-refractivity contribution < 1.29 is 14.3 Å². The standard InChI is InChI=1S/C22H22N2O3/c1-22(24,18-13-7-11-16-10-5-6-12-17(16)18)21(26)27-20(25)19(23)14-15-8-3-2-4-9-15/h2-13,19H,14,23-24H2,1H3/t19-,22+/m0/s1. The summed E-state index contributed by atoms with van der Waals surface area (Å²) in [4.78, 5) is 24.9. The number of ether oxygens (including phenoxy) is 1. The summed E-state index contributed by atoms with van der Waals surface area (Å²) in [6, 6.07) is 21.5. The zero-order chi connectivity index (χ0) is 19.4. The van der Waals surface area contributed by atoms with Crippen molar-refractivity contribution in [2.45, 2.75) is 24.9 Å². The predicted molar refractivity (Wildman–Crippen MR) is 105 cm³/mol. The number of hydrogen-bond acceptors (Lipinski definition) is 5. The van der Waals surface area contributed by atoms with Crippen LogP contribution < -0.4 is 11.5 Å². The Morgan fingerprint density at radius 2 is 1.59 bits per heavy atom. The van der Waals surface area contributed by atoms with Gasteiger partial charge >= 0.3 is 11.9 Å². The lowest BCUT2D eigenvalue weighted by Crippen LogP contribution is -2.46. The Morgan fingerprint density at radius 1 is 0.963 bits per heavy atom. The first-order chi connectivity index (χ1) is 12.9. The molecule has 3 aromatic carbocycles. The van der Waals surface area contributed by atoms with Crippen LogP contribution in [-0.2, 0) is 26.3 Å². The predicted octanol–water partition coefficient (Wildman–Crippen LogP) is 2.65. The van der Waals surface area contributed by atoms with Gasteiger partial charge in [0, 0.05) is 0 Å². The molecule has 27 heavy (non-hydrogen) atoms. The molecule has 0 unspecified atom stereocenters. The molecule has 0 amide bonds. The lowest BCUT2D eigenvalue weighted by molar-refractivity contribution is -0.164. The summed E-state index contributed by atoms with van der Waals surface area (Å²) in [6.45, 7) is 1.53. The van der Waals surface area contributed by atoms with Gasteiger partial charge in [-0.05, 0) is 35.2 Å². The molecule has 0 radical (unpaired) electrons. The van der Waals surface area contributed by atoms with Gasteiger partial charge in [-0.15, -0.1) is 0 Å². The van der Waals surface area contributed by atoms with E-state index in [0.717, 1.165) is 16.3 Å². The van der Waals surface area contributed by atoms with Gasteiger partial charge in [0.15, 0.2) is 0 Å². The molecular formula is C22H22N2O3. The third kappa shape index (κ3) is 4.05. The summed E-state index contributed by atoms with van der Waals surface area (Å²) in [5.41, 5.74) is 12.2. The molecule has 0 fully saturated rings. The topological polar surface area (TPSA) is 95.4 Å². The first kappa shape index (κ1) is 18.8. The van der Waals surface area contributed by atoms with E-state index in [4.69, 9.17) is 16.2 Å². The fourth-order valence-electron chi connectivity index (χ4n) is 3.01. The minimum atomic E-state index is -1.48. The van der Waals surface area contributed by atoms with Gasteiger partial charge in [-0.2, -0.15) is 0 Å². The molecule has 0 saturated carbocycles. The second kappa shape index (κ2) is 7.70. The quantitative estimate of drug-likeness (QED) is 0.537. The van der Waals surface area contributed by atoms with Crippen molar-refractivity contribution in [3.63, 3.8) is 0 Å². The Hall–Kier alpha value is -3.02. The number of nitrogens with two attached hydrogens (primary N) is 2. The normalized spacial score (nSPS) is 14.3. The van der Waals surface area contributed by atoms with Gasteiger partial charge in [-0.1, -0.05) is 72.8 Å². The first-order valence-electron chi connectivity index (χ1n) is 8.72. The van der Waals surface area contributed by atoms with Crippen molar-refractivity contribution in [3.05, 3.63) is 83.9 Å². The molecule has 0 aromatic heterocycles. The number of esters is 2. The SMILES string of the molecule is C[C@](N)(C(=O)OC(=O)[C@@H](N)Cc1ccccc1)c1cccc2ccccc12. The van der Waals surface area contributed by atoms with Crippen LogP contribution in [0.15, 0.2) is 72.8 Å². The van der Waals surface area contributed by atoms with Gasteiger partial charge in [-0.3, -0.25) is 0 Å². The molecular weight excluding hydrogens is 340 g/mol.